The van der Waals surface area contributed by atoms with Crippen LogP contribution in [0.2, 0.25) is 5.02 Å². The van der Waals surface area contributed by atoms with Crippen LogP contribution >= 0.6 is 11.6 Å². The largest absolute Gasteiger partial charge is 0.368 e. The number of carbonyl (C=O) groups excluding carboxylic acids is 1. The number of rotatable bonds is 6. The van der Waals surface area contributed by atoms with Crippen molar-refractivity contribution in [3.63, 3.8) is 0 Å². The zero-order chi connectivity index (χ0) is 22.8. The third-order valence-electron chi connectivity index (χ3n) is 6.27. The highest BCUT2D eigenvalue weighted by Gasteiger charge is 2.42. The van der Waals surface area contributed by atoms with Crippen molar-refractivity contribution in [1.82, 2.24) is 10.2 Å². The van der Waals surface area contributed by atoms with Gasteiger partial charge in [0.1, 0.15) is 0 Å². The van der Waals surface area contributed by atoms with E-state index in [1.807, 2.05) is 49.3 Å². The molecule has 0 saturated carbocycles. The first-order valence-electron chi connectivity index (χ1n) is 10.8. The van der Waals surface area contributed by atoms with Crippen molar-refractivity contribution in [2.75, 3.05) is 56.6 Å². The number of nitrogens with one attached hydrogen (secondary N) is 1. The summed E-state index contributed by atoms with van der Waals surface area (Å²) < 4.78 is 0. The number of benzene rings is 2. The average Bonchev–Trinajstić information content (AvgIpc) is 2.77. The van der Waals surface area contributed by atoms with Gasteiger partial charge in [0.15, 0.2) is 0 Å². The quantitative estimate of drug-likeness (QED) is 0.530. The summed E-state index contributed by atoms with van der Waals surface area (Å²) >= 11 is 6.21. The number of piperazine rings is 1. The van der Waals surface area contributed by atoms with Crippen LogP contribution in [-0.2, 0) is 11.2 Å². The van der Waals surface area contributed by atoms with Crippen LogP contribution in [0.3, 0.4) is 0 Å². The number of likely N-dealkylation sites (N-methyl/N-ethyl adjacent to an activating group) is 1. The van der Waals surface area contributed by atoms with Gasteiger partial charge >= 0.3 is 0 Å². The Morgan fingerprint density at radius 2 is 2.06 bits per heavy atom. The van der Waals surface area contributed by atoms with E-state index in [1.165, 1.54) is 0 Å². The summed E-state index contributed by atoms with van der Waals surface area (Å²) in [6.45, 7) is 3.51. The first-order chi connectivity index (χ1) is 15.3. The molecule has 32 heavy (non-hydrogen) atoms. The average molecular weight is 458 g/mol. The number of anilines is 2. The molecule has 1 N–H and O–H groups in total. The van der Waals surface area contributed by atoms with E-state index < -0.39 is 0 Å². The summed E-state index contributed by atoms with van der Waals surface area (Å²) in [6, 6.07) is 12.7. The van der Waals surface area contributed by atoms with E-state index in [0.29, 0.717) is 24.5 Å². The lowest BCUT2D eigenvalue weighted by Gasteiger charge is -2.49. The molecule has 1 fully saturated rings. The van der Waals surface area contributed by atoms with Crippen molar-refractivity contribution in [3.05, 3.63) is 63.2 Å². The number of fused-ring (bicyclic) bond motifs is 3. The van der Waals surface area contributed by atoms with Gasteiger partial charge < -0.3 is 20.0 Å². The molecular weight excluding hydrogens is 430 g/mol. The van der Waals surface area contributed by atoms with Gasteiger partial charge in [-0.05, 0) is 50.3 Å². The molecule has 0 radical (unpaired) electrons. The number of non-ortho nitro benzene ring substituents is 1. The molecule has 0 aliphatic carbocycles. The van der Waals surface area contributed by atoms with Gasteiger partial charge in [-0.3, -0.25) is 14.9 Å². The van der Waals surface area contributed by atoms with Gasteiger partial charge in [0, 0.05) is 61.3 Å². The van der Waals surface area contributed by atoms with Crippen molar-refractivity contribution >= 4 is 34.6 Å². The Bertz CT molecular complexity index is 1010. The Morgan fingerprint density at radius 1 is 1.25 bits per heavy atom. The van der Waals surface area contributed by atoms with Crippen molar-refractivity contribution in [3.8, 4) is 0 Å². The molecule has 2 atom stereocenters. The van der Waals surface area contributed by atoms with E-state index >= 15 is 0 Å². The standard InChI is InChI=1S/C23H28ClN5O3/c1-26(2)9-8-25-23(30)20-13-16-12-19(29(31)32)6-7-21(16)28-11-10-27(15-22(20)28)18-5-3-4-17(24)14-18/h3-7,12,14,20,22H,8-11,13,15H2,1-2H3,(H,25,30)/t20-,22-/m0/s1. The number of hydrogen-bond acceptors (Lipinski definition) is 6. The number of nitro groups is 1. The molecular formula is C23H28ClN5O3. The molecule has 2 aromatic carbocycles. The Kier molecular flexibility index (Phi) is 6.53. The van der Waals surface area contributed by atoms with Crippen LogP contribution in [0.25, 0.3) is 0 Å². The maximum absolute atomic E-state index is 13.2. The van der Waals surface area contributed by atoms with E-state index in [9.17, 15) is 14.9 Å². The van der Waals surface area contributed by atoms with E-state index in [2.05, 4.69) is 15.1 Å². The summed E-state index contributed by atoms with van der Waals surface area (Å²) in [7, 11) is 3.93. The molecule has 8 nitrogen and oxygen atoms in total. The summed E-state index contributed by atoms with van der Waals surface area (Å²) in [5, 5.41) is 15.1. The number of nitrogens with zero attached hydrogens (tertiary/aromatic N) is 4. The van der Waals surface area contributed by atoms with Crippen molar-refractivity contribution < 1.29 is 9.72 Å². The monoisotopic (exact) mass is 457 g/mol. The maximum Gasteiger partial charge on any atom is 0.269 e. The third-order valence-corrected chi connectivity index (χ3v) is 6.51. The molecule has 2 heterocycles. The highest BCUT2D eigenvalue weighted by molar-refractivity contribution is 6.30. The Hall–Kier alpha value is -2.84. The molecule has 0 unspecified atom stereocenters. The molecule has 0 aromatic heterocycles. The lowest BCUT2D eigenvalue weighted by molar-refractivity contribution is -0.384. The second kappa shape index (κ2) is 9.34. The summed E-state index contributed by atoms with van der Waals surface area (Å²) in [5.74, 6) is -0.305. The van der Waals surface area contributed by atoms with Crippen LogP contribution < -0.4 is 15.1 Å². The van der Waals surface area contributed by atoms with Crippen LogP contribution in [0.4, 0.5) is 17.1 Å². The molecule has 1 amide bonds. The van der Waals surface area contributed by atoms with Crippen LogP contribution in [0, 0.1) is 16.0 Å². The highest BCUT2D eigenvalue weighted by Crippen LogP contribution is 2.38. The highest BCUT2D eigenvalue weighted by atomic mass is 35.5. The maximum atomic E-state index is 13.2. The molecule has 1 saturated heterocycles. The first kappa shape index (κ1) is 22.4. The SMILES string of the molecule is CN(C)CCNC(=O)[C@H]1Cc2cc([N+](=O)[O-])ccc2N2CCN(c3cccc(Cl)c3)C[C@@H]12. The Morgan fingerprint density at radius 3 is 2.78 bits per heavy atom. The van der Waals surface area contributed by atoms with Gasteiger partial charge in [-0.2, -0.15) is 0 Å². The minimum Gasteiger partial charge on any atom is -0.368 e. The fourth-order valence-corrected chi connectivity index (χ4v) is 4.85. The van der Waals surface area contributed by atoms with Crippen molar-refractivity contribution in [2.45, 2.75) is 12.5 Å². The lowest BCUT2D eigenvalue weighted by Crippen LogP contribution is -2.61. The number of hydrogen-bond donors (Lipinski definition) is 1. The fraction of sp³-hybridized carbons (Fsp3) is 0.435. The molecule has 0 spiro atoms. The van der Waals surface area contributed by atoms with Gasteiger partial charge in [-0.1, -0.05) is 17.7 Å². The van der Waals surface area contributed by atoms with Crippen molar-refractivity contribution in [1.29, 1.82) is 0 Å². The smallest absolute Gasteiger partial charge is 0.269 e. The van der Waals surface area contributed by atoms with Gasteiger partial charge in [0.05, 0.1) is 16.9 Å². The first-order valence-corrected chi connectivity index (χ1v) is 11.2. The summed E-state index contributed by atoms with van der Waals surface area (Å²) in [4.78, 5) is 30.7. The molecule has 4 rings (SSSR count). The molecule has 2 aliphatic rings. The van der Waals surface area contributed by atoms with Crippen molar-refractivity contribution in [2.24, 2.45) is 5.92 Å². The Labute approximate surface area is 192 Å². The normalized spacial score (nSPS) is 20.0. The number of halogens is 1. The minimum absolute atomic E-state index is 0.00745. The number of carbonyl (C=O) groups is 1. The van der Waals surface area contributed by atoms with E-state index in [1.54, 1.807) is 12.1 Å². The zero-order valence-corrected chi connectivity index (χ0v) is 19.1. The van der Waals surface area contributed by atoms with Crippen LogP contribution in [0.1, 0.15) is 5.56 Å². The second-order valence-corrected chi connectivity index (χ2v) is 9.10. The van der Waals surface area contributed by atoms with Gasteiger partial charge in [0.25, 0.3) is 5.69 Å². The van der Waals surface area contributed by atoms with E-state index in [0.717, 1.165) is 36.6 Å². The molecule has 2 aliphatic heterocycles. The summed E-state index contributed by atoms with van der Waals surface area (Å²) in [5.41, 5.74) is 2.95. The molecule has 2 aromatic rings. The molecule has 170 valence electrons. The van der Waals surface area contributed by atoms with Crippen LogP contribution in [0.15, 0.2) is 42.5 Å². The van der Waals surface area contributed by atoms with Crippen LogP contribution in [-0.4, -0.2) is 68.6 Å². The fourth-order valence-electron chi connectivity index (χ4n) is 4.66. The second-order valence-electron chi connectivity index (χ2n) is 8.66. The van der Waals surface area contributed by atoms with E-state index in [4.69, 9.17) is 11.6 Å². The lowest BCUT2D eigenvalue weighted by atomic mass is 9.83. The van der Waals surface area contributed by atoms with Gasteiger partial charge in [-0.25, -0.2) is 0 Å². The predicted molar refractivity (Wildman–Crippen MR) is 127 cm³/mol. The van der Waals surface area contributed by atoms with E-state index in [-0.39, 0.29) is 28.5 Å². The topological polar surface area (TPSA) is 82.0 Å². The van der Waals surface area contributed by atoms with Crippen LogP contribution in [0.5, 0.6) is 0 Å². The molecule has 9 heteroatoms. The van der Waals surface area contributed by atoms with Gasteiger partial charge in [0.2, 0.25) is 5.91 Å². The van der Waals surface area contributed by atoms with Gasteiger partial charge in [-0.15, -0.1) is 0 Å². The number of nitro benzene ring substituents is 1. The Balaban J connectivity index is 1.63. The molecule has 0 bridgehead atoms. The number of amides is 1. The zero-order valence-electron chi connectivity index (χ0n) is 18.3. The third kappa shape index (κ3) is 4.66. The minimum atomic E-state index is -0.379. The predicted octanol–water partition coefficient (Wildman–Crippen LogP) is 2.79. The summed E-state index contributed by atoms with van der Waals surface area (Å²) in [6.07, 6.45) is 0.482.